The number of benzene rings is 3. The summed E-state index contributed by atoms with van der Waals surface area (Å²) in [4.78, 5) is 5.48. The van der Waals surface area contributed by atoms with Crippen LogP contribution in [-0.4, -0.2) is 19.7 Å². The first kappa shape index (κ1) is 21.1. The Hall–Kier alpha value is -3.10. The maximum atomic E-state index is 13.5. The molecule has 4 nitrogen and oxygen atoms in total. The number of hydrogen-bond acceptors (Lipinski definition) is 5. The highest BCUT2D eigenvalue weighted by molar-refractivity contribution is 7.90. The van der Waals surface area contributed by atoms with E-state index < -0.39 is 15.7 Å². The molecule has 3 aromatic carbocycles. The van der Waals surface area contributed by atoms with E-state index in [2.05, 4.69) is 4.98 Å². The molecule has 0 aliphatic rings. The molecule has 0 aliphatic carbocycles. The molecule has 0 fully saturated rings. The summed E-state index contributed by atoms with van der Waals surface area (Å²) in [5, 5.41) is 0.571. The van der Waals surface area contributed by atoms with Crippen LogP contribution in [0.3, 0.4) is 0 Å². The van der Waals surface area contributed by atoms with Crippen LogP contribution in [0.2, 0.25) is 0 Å². The Kier molecular flexibility index (Phi) is 5.84. The van der Waals surface area contributed by atoms with Gasteiger partial charge in [0, 0.05) is 17.9 Å². The molecule has 8 heteroatoms. The molecule has 0 N–H and O–H groups in total. The van der Waals surface area contributed by atoms with E-state index >= 15 is 0 Å². The Morgan fingerprint density at radius 2 is 1.68 bits per heavy atom. The van der Waals surface area contributed by atoms with Crippen LogP contribution < -0.4 is 4.74 Å². The lowest BCUT2D eigenvalue weighted by Crippen LogP contribution is -2.00. The second-order valence-corrected chi connectivity index (χ2v) is 9.87. The first-order chi connectivity index (χ1) is 14.8. The average Bonchev–Trinajstić information content (AvgIpc) is 3.16. The molecular weight excluding hydrogens is 440 g/mol. The van der Waals surface area contributed by atoms with Gasteiger partial charge in [-0.1, -0.05) is 36.4 Å². The Bertz CT molecular complexity index is 1330. The maximum Gasteiger partial charge on any atom is 0.176 e. The first-order valence-electron chi connectivity index (χ1n) is 9.25. The van der Waals surface area contributed by atoms with Gasteiger partial charge in [0.1, 0.15) is 29.0 Å². The topological polar surface area (TPSA) is 56.3 Å². The Morgan fingerprint density at radius 3 is 2.39 bits per heavy atom. The van der Waals surface area contributed by atoms with E-state index in [-0.39, 0.29) is 17.3 Å². The number of halogens is 2. The molecule has 0 saturated heterocycles. The molecule has 0 spiro atoms. The summed E-state index contributed by atoms with van der Waals surface area (Å²) in [6, 6.07) is 18.3. The van der Waals surface area contributed by atoms with Gasteiger partial charge in [-0.3, -0.25) is 0 Å². The lowest BCUT2D eigenvalue weighted by molar-refractivity contribution is 0.304. The predicted molar refractivity (Wildman–Crippen MR) is 117 cm³/mol. The van der Waals surface area contributed by atoms with Gasteiger partial charge in [-0.05, 0) is 35.9 Å². The fourth-order valence-corrected chi connectivity index (χ4v) is 4.98. The highest BCUT2D eigenvalue weighted by Gasteiger charge is 2.21. The summed E-state index contributed by atoms with van der Waals surface area (Å²) in [6.45, 7) is 0.0728. The molecule has 31 heavy (non-hydrogen) atoms. The second kappa shape index (κ2) is 8.56. The number of thiazole rings is 1. The number of aromatic nitrogens is 1. The van der Waals surface area contributed by atoms with Gasteiger partial charge in [0.25, 0.3) is 0 Å². The number of sulfone groups is 1. The number of nitrogens with zero attached hydrogens (tertiary/aromatic N) is 1. The van der Waals surface area contributed by atoms with Gasteiger partial charge in [0.05, 0.1) is 15.5 Å². The van der Waals surface area contributed by atoms with Gasteiger partial charge in [-0.15, -0.1) is 11.3 Å². The fraction of sp³-hybridized carbons (Fsp3) is 0.0870. The van der Waals surface area contributed by atoms with Gasteiger partial charge in [0.15, 0.2) is 9.84 Å². The van der Waals surface area contributed by atoms with Crippen molar-refractivity contribution in [1.82, 2.24) is 4.98 Å². The molecule has 0 unspecified atom stereocenters. The molecule has 1 heterocycles. The molecule has 0 saturated carbocycles. The van der Waals surface area contributed by atoms with Crippen molar-refractivity contribution in [3.63, 3.8) is 0 Å². The summed E-state index contributed by atoms with van der Waals surface area (Å²) in [7, 11) is -3.51. The van der Waals surface area contributed by atoms with Crippen molar-refractivity contribution in [2.75, 3.05) is 6.26 Å². The minimum Gasteiger partial charge on any atom is -0.486 e. The van der Waals surface area contributed by atoms with Crippen molar-refractivity contribution in [2.45, 2.75) is 11.5 Å². The third-order valence-corrected chi connectivity index (χ3v) is 6.71. The molecule has 0 amide bonds. The van der Waals surface area contributed by atoms with Crippen LogP contribution in [0.1, 0.15) is 5.01 Å². The zero-order chi connectivity index (χ0) is 22.0. The summed E-state index contributed by atoms with van der Waals surface area (Å²) >= 11 is 1.31. The van der Waals surface area contributed by atoms with Crippen LogP contribution in [0.25, 0.3) is 21.7 Å². The quantitative estimate of drug-likeness (QED) is 0.371. The third-order valence-electron chi connectivity index (χ3n) is 4.48. The van der Waals surface area contributed by atoms with Crippen molar-refractivity contribution in [3.05, 3.63) is 89.4 Å². The number of ether oxygens (including phenoxy) is 1. The van der Waals surface area contributed by atoms with E-state index in [9.17, 15) is 17.2 Å². The molecule has 158 valence electrons. The SMILES string of the molecule is CS(=O)(=O)c1ccccc1-c1nc(COc2cccc(F)c2)sc1-c1ccc(F)cc1. The fourth-order valence-electron chi connectivity index (χ4n) is 3.09. The van der Waals surface area contributed by atoms with E-state index in [0.717, 1.165) is 6.26 Å². The van der Waals surface area contributed by atoms with Crippen LogP contribution in [0.4, 0.5) is 8.78 Å². The lowest BCUT2D eigenvalue weighted by atomic mass is 10.1. The largest absolute Gasteiger partial charge is 0.486 e. The first-order valence-corrected chi connectivity index (χ1v) is 12.0. The summed E-state index contributed by atoms with van der Waals surface area (Å²) < 4.78 is 57.2. The van der Waals surface area contributed by atoms with Gasteiger partial charge in [0.2, 0.25) is 0 Å². The van der Waals surface area contributed by atoms with Crippen LogP contribution in [0.5, 0.6) is 5.75 Å². The second-order valence-electron chi connectivity index (χ2n) is 6.81. The Morgan fingerprint density at radius 1 is 0.935 bits per heavy atom. The average molecular weight is 458 g/mol. The molecule has 0 atom stereocenters. The standard InChI is InChI=1S/C23H17F2NO3S2/c1-31(27,28)20-8-3-2-7-19(20)22-23(15-9-11-16(24)12-10-15)30-21(26-22)14-29-18-6-4-5-17(25)13-18/h2-13H,14H2,1H3. The molecule has 4 aromatic rings. The van der Waals surface area contributed by atoms with Crippen molar-refractivity contribution in [2.24, 2.45) is 0 Å². The summed E-state index contributed by atoms with van der Waals surface area (Å²) in [5.41, 5.74) is 1.63. The van der Waals surface area contributed by atoms with Crippen LogP contribution in [0, 0.1) is 11.6 Å². The normalized spacial score (nSPS) is 11.5. The smallest absolute Gasteiger partial charge is 0.176 e. The molecule has 1 aromatic heterocycles. The van der Waals surface area contributed by atoms with Crippen LogP contribution >= 0.6 is 11.3 Å². The van der Waals surface area contributed by atoms with E-state index in [0.29, 0.717) is 32.5 Å². The molecule has 4 rings (SSSR count). The van der Waals surface area contributed by atoms with E-state index in [1.807, 2.05) is 0 Å². The molecule has 0 aliphatic heterocycles. The Balaban J connectivity index is 1.79. The minimum atomic E-state index is -3.51. The van der Waals surface area contributed by atoms with Crippen molar-refractivity contribution in [3.8, 4) is 27.4 Å². The molecule has 0 bridgehead atoms. The Labute approximate surface area is 182 Å². The summed E-state index contributed by atoms with van der Waals surface area (Å²) in [5.74, 6) is -0.427. The van der Waals surface area contributed by atoms with Gasteiger partial charge in [-0.2, -0.15) is 0 Å². The van der Waals surface area contributed by atoms with Crippen molar-refractivity contribution < 1.29 is 21.9 Å². The van der Waals surface area contributed by atoms with Crippen molar-refractivity contribution in [1.29, 1.82) is 0 Å². The van der Waals surface area contributed by atoms with Crippen LogP contribution in [0.15, 0.2) is 77.7 Å². The van der Waals surface area contributed by atoms with E-state index in [1.165, 1.54) is 41.7 Å². The minimum absolute atomic E-state index is 0.0728. The zero-order valence-corrected chi connectivity index (χ0v) is 18.0. The van der Waals surface area contributed by atoms with Gasteiger partial charge >= 0.3 is 0 Å². The van der Waals surface area contributed by atoms with Gasteiger partial charge in [-0.25, -0.2) is 22.2 Å². The summed E-state index contributed by atoms with van der Waals surface area (Å²) in [6.07, 6.45) is 1.14. The number of hydrogen-bond donors (Lipinski definition) is 0. The monoisotopic (exact) mass is 457 g/mol. The van der Waals surface area contributed by atoms with E-state index in [1.54, 1.807) is 42.5 Å². The maximum absolute atomic E-state index is 13.5. The highest BCUT2D eigenvalue weighted by atomic mass is 32.2. The van der Waals surface area contributed by atoms with Crippen molar-refractivity contribution >= 4 is 21.2 Å². The van der Waals surface area contributed by atoms with Gasteiger partial charge < -0.3 is 4.74 Å². The zero-order valence-electron chi connectivity index (χ0n) is 16.4. The molecular formula is C23H17F2NO3S2. The van der Waals surface area contributed by atoms with Crippen LogP contribution in [-0.2, 0) is 16.4 Å². The highest BCUT2D eigenvalue weighted by Crippen LogP contribution is 2.39. The third kappa shape index (κ3) is 4.81. The predicted octanol–water partition coefficient (Wildman–Crippen LogP) is 5.74. The van der Waals surface area contributed by atoms with E-state index in [4.69, 9.17) is 4.74 Å². The molecule has 0 radical (unpaired) electrons. The number of rotatable bonds is 6. The lowest BCUT2D eigenvalue weighted by Gasteiger charge is -2.08.